The molecule has 1 aromatic carbocycles. The number of benzene rings is 1. The predicted molar refractivity (Wildman–Crippen MR) is 84.5 cm³/mol. The van der Waals surface area contributed by atoms with E-state index in [2.05, 4.69) is 10.6 Å². The van der Waals surface area contributed by atoms with Crippen molar-refractivity contribution < 1.29 is 19.1 Å². The molecule has 2 rings (SSSR count). The first-order chi connectivity index (χ1) is 11.1. The van der Waals surface area contributed by atoms with Crippen LogP contribution in [0, 0.1) is 11.7 Å². The Balaban J connectivity index is 1.96. The SMILES string of the molecule is O=C(O)CCCNC(=O)NC(c1ccccc1F)C1CCCC1. The van der Waals surface area contributed by atoms with Gasteiger partial charge in [-0.2, -0.15) is 0 Å². The third-order valence-corrected chi connectivity index (χ3v) is 4.25. The van der Waals surface area contributed by atoms with Crippen LogP contribution in [0.1, 0.15) is 50.1 Å². The van der Waals surface area contributed by atoms with Crippen molar-refractivity contribution in [1.29, 1.82) is 0 Å². The van der Waals surface area contributed by atoms with Gasteiger partial charge in [0.05, 0.1) is 6.04 Å². The molecule has 1 aliphatic rings. The Kier molecular flexibility index (Phi) is 6.38. The summed E-state index contributed by atoms with van der Waals surface area (Å²) in [5.41, 5.74) is 0.514. The highest BCUT2D eigenvalue weighted by atomic mass is 19.1. The molecular formula is C17H23FN2O3. The van der Waals surface area contributed by atoms with Crippen LogP contribution in [0.4, 0.5) is 9.18 Å². The van der Waals surface area contributed by atoms with Crippen molar-refractivity contribution in [3.8, 4) is 0 Å². The summed E-state index contributed by atoms with van der Waals surface area (Å²) in [6.07, 6.45) is 4.52. The quantitative estimate of drug-likeness (QED) is 0.674. The minimum Gasteiger partial charge on any atom is -0.481 e. The topological polar surface area (TPSA) is 78.4 Å². The number of hydrogen-bond donors (Lipinski definition) is 3. The standard InChI is InChI=1S/C17H23FN2O3/c18-14-9-4-3-8-13(14)16(12-6-1-2-7-12)20-17(23)19-11-5-10-15(21)22/h3-4,8-9,12,16H,1-2,5-7,10-11H2,(H,21,22)(H2,19,20,23). The molecule has 0 aromatic heterocycles. The minimum absolute atomic E-state index is 0.0135. The van der Waals surface area contributed by atoms with Gasteiger partial charge in [0, 0.05) is 18.5 Å². The molecule has 0 radical (unpaired) electrons. The lowest BCUT2D eigenvalue weighted by Gasteiger charge is -2.25. The number of halogens is 1. The second kappa shape index (κ2) is 8.50. The predicted octanol–water partition coefficient (Wildman–Crippen LogP) is 3.22. The molecule has 1 aliphatic carbocycles. The van der Waals surface area contributed by atoms with E-state index < -0.39 is 5.97 Å². The molecule has 0 spiro atoms. The number of hydrogen-bond acceptors (Lipinski definition) is 2. The summed E-state index contributed by atoms with van der Waals surface area (Å²) in [5, 5.41) is 14.1. The highest BCUT2D eigenvalue weighted by Crippen LogP contribution is 2.36. The second-order valence-electron chi connectivity index (χ2n) is 5.94. The molecule has 0 heterocycles. The van der Waals surface area contributed by atoms with Crippen LogP contribution in [0.3, 0.4) is 0 Å². The number of carbonyl (C=O) groups is 2. The number of carboxylic acid groups (broad SMARTS) is 1. The summed E-state index contributed by atoms with van der Waals surface area (Å²) in [4.78, 5) is 22.5. The van der Waals surface area contributed by atoms with Crippen LogP contribution in [-0.2, 0) is 4.79 Å². The Morgan fingerprint density at radius 1 is 1.26 bits per heavy atom. The molecule has 3 N–H and O–H groups in total. The zero-order valence-electron chi connectivity index (χ0n) is 13.1. The number of amides is 2. The summed E-state index contributed by atoms with van der Waals surface area (Å²) in [7, 11) is 0. The van der Waals surface area contributed by atoms with E-state index >= 15 is 0 Å². The number of urea groups is 1. The Labute approximate surface area is 135 Å². The molecule has 1 atom stereocenters. The van der Waals surface area contributed by atoms with Gasteiger partial charge in [-0.15, -0.1) is 0 Å². The van der Waals surface area contributed by atoms with E-state index in [1.54, 1.807) is 18.2 Å². The summed E-state index contributed by atoms with van der Waals surface area (Å²) in [6, 6.07) is 5.80. The molecule has 1 fully saturated rings. The lowest BCUT2D eigenvalue weighted by atomic mass is 9.91. The first-order valence-electron chi connectivity index (χ1n) is 8.08. The van der Waals surface area contributed by atoms with Gasteiger partial charge in [-0.05, 0) is 31.2 Å². The molecule has 2 amide bonds. The van der Waals surface area contributed by atoms with Crippen LogP contribution in [0.2, 0.25) is 0 Å². The van der Waals surface area contributed by atoms with Gasteiger partial charge in [-0.3, -0.25) is 4.79 Å². The van der Waals surface area contributed by atoms with Gasteiger partial charge >= 0.3 is 12.0 Å². The van der Waals surface area contributed by atoms with E-state index in [0.29, 0.717) is 12.0 Å². The number of rotatable bonds is 7. The zero-order valence-corrected chi connectivity index (χ0v) is 13.1. The minimum atomic E-state index is -0.887. The van der Waals surface area contributed by atoms with Gasteiger partial charge in [-0.1, -0.05) is 31.0 Å². The van der Waals surface area contributed by atoms with E-state index in [-0.39, 0.29) is 36.8 Å². The second-order valence-corrected chi connectivity index (χ2v) is 5.94. The van der Waals surface area contributed by atoms with Gasteiger partial charge in [-0.25, -0.2) is 9.18 Å². The van der Waals surface area contributed by atoms with Crippen molar-refractivity contribution in [3.05, 3.63) is 35.6 Å². The van der Waals surface area contributed by atoms with Crippen LogP contribution in [0.15, 0.2) is 24.3 Å². The first kappa shape index (κ1) is 17.2. The average Bonchev–Trinajstić information content (AvgIpc) is 3.04. The molecule has 1 unspecified atom stereocenters. The highest BCUT2D eigenvalue weighted by molar-refractivity contribution is 5.74. The molecule has 0 aliphatic heterocycles. The fourth-order valence-electron chi connectivity index (χ4n) is 3.10. The van der Waals surface area contributed by atoms with Gasteiger partial charge in [0.25, 0.3) is 0 Å². The Bertz CT molecular complexity index is 544. The maximum atomic E-state index is 14.1. The van der Waals surface area contributed by atoms with E-state index in [9.17, 15) is 14.0 Å². The van der Waals surface area contributed by atoms with Crippen LogP contribution in [0.25, 0.3) is 0 Å². The molecular weight excluding hydrogens is 299 g/mol. The van der Waals surface area contributed by atoms with Crippen molar-refractivity contribution >= 4 is 12.0 Å². The summed E-state index contributed by atoms with van der Waals surface area (Å²) >= 11 is 0. The van der Waals surface area contributed by atoms with Crippen LogP contribution < -0.4 is 10.6 Å². The number of aliphatic carboxylic acids is 1. The lowest BCUT2D eigenvalue weighted by molar-refractivity contribution is -0.137. The molecule has 126 valence electrons. The van der Waals surface area contributed by atoms with E-state index in [4.69, 9.17) is 5.11 Å². The first-order valence-corrected chi connectivity index (χ1v) is 8.08. The van der Waals surface area contributed by atoms with Gasteiger partial charge in [0.15, 0.2) is 0 Å². The molecule has 0 saturated heterocycles. The Hall–Kier alpha value is -2.11. The van der Waals surface area contributed by atoms with Crippen molar-refractivity contribution in [2.75, 3.05) is 6.54 Å². The monoisotopic (exact) mass is 322 g/mol. The number of nitrogens with one attached hydrogen (secondary N) is 2. The normalized spacial score (nSPS) is 16.0. The lowest BCUT2D eigenvalue weighted by Crippen LogP contribution is -2.41. The molecule has 6 heteroatoms. The Morgan fingerprint density at radius 3 is 2.61 bits per heavy atom. The maximum absolute atomic E-state index is 14.1. The summed E-state index contributed by atoms with van der Waals surface area (Å²) in [6.45, 7) is 0.285. The fourth-order valence-corrected chi connectivity index (χ4v) is 3.10. The van der Waals surface area contributed by atoms with E-state index in [1.165, 1.54) is 6.07 Å². The third-order valence-electron chi connectivity index (χ3n) is 4.25. The molecule has 5 nitrogen and oxygen atoms in total. The highest BCUT2D eigenvalue weighted by Gasteiger charge is 2.29. The van der Waals surface area contributed by atoms with E-state index in [0.717, 1.165) is 25.7 Å². The van der Waals surface area contributed by atoms with Crippen molar-refractivity contribution in [2.45, 2.75) is 44.6 Å². The van der Waals surface area contributed by atoms with Crippen LogP contribution in [-0.4, -0.2) is 23.7 Å². The molecule has 0 bridgehead atoms. The van der Waals surface area contributed by atoms with E-state index in [1.807, 2.05) is 0 Å². The number of carboxylic acids is 1. The van der Waals surface area contributed by atoms with Gasteiger partial charge < -0.3 is 15.7 Å². The van der Waals surface area contributed by atoms with Crippen molar-refractivity contribution in [2.24, 2.45) is 5.92 Å². The molecule has 1 saturated carbocycles. The van der Waals surface area contributed by atoms with Crippen LogP contribution in [0.5, 0.6) is 0 Å². The maximum Gasteiger partial charge on any atom is 0.315 e. The smallest absolute Gasteiger partial charge is 0.315 e. The fraction of sp³-hybridized carbons (Fsp3) is 0.529. The van der Waals surface area contributed by atoms with Gasteiger partial charge in [0.1, 0.15) is 5.82 Å². The van der Waals surface area contributed by atoms with Crippen molar-refractivity contribution in [3.63, 3.8) is 0 Å². The Morgan fingerprint density at radius 2 is 1.96 bits per heavy atom. The average molecular weight is 322 g/mol. The summed E-state index contributed by atoms with van der Waals surface area (Å²) in [5.74, 6) is -0.963. The zero-order chi connectivity index (χ0) is 16.7. The van der Waals surface area contributed by atoms with Gasteiger partial charge in [0.2, 0.25) is 0 Å². The van der Waals surface area contributed by atoms with Crippen LogP contribution >= 0.6 is 0 Å². The largest absolute Gasteiger partial charge is 0.481 e. The summed E-state index contributed by atoms with van der Waals surface area (Å²) < 4.78 is 14.1. The number of carbonyl (C=O) groups excluding carboxylic acids is 1. The third kappa shape index (κ3) is 5.23. The molecule has 1 aromatic rings. The molecule has 23 heavy (non-hydrogen) atoms. The van der Waals surface area contributed by atoms with Crippen molar-refractivity contribution in [1.82, 2.24) is 10.6 Å².